The molecule has 0 saturated carbocycles. The lowest BCUT2D eigenvalue weighted by Crippen LogP contribution is -2.25. The second kappa shape index (κ2) is 9.82. The third-order valence-electron chi connectivity index (χ3n) is 7.45. The summed E-state index contributed by atoms with van der Waals surface area (Å²) in [5.41, 5.74) is 2.74. The number of thiazole rings is 1. The number of nitrogens with zero attached hydrogens (tertiary/aromatic N) is 2. The monoisotopic (exact) mass is 598 g/mol. The van der Waals surface area contributed by atoms with Gasteiger partial charge in [0.15, 0.2) is 15.0 Å². The fourth-order valence-corrected chi connectivity index (χ4v) is 9.78. The number of anilines is 3. The smallest absolute Gasteiger partial charge is 0.233 e. The van der Waals surface area contributed by atoms with E-state index in [1.807, 2.05) is 0 Å². The molecule has 0 aliphatic carbocycles. The Labute approximate surface area is 235 Å². The number of amides is 1. The number of carbonyl (C=O) groups excluding carboxylic acids is 1. The van der Waals surface area contributed by atoms with Crippen molar-refractivity contribution in [3.05, 3.63) is 59.7 Å². The van der Waals surface area contributed by atoms with Gasteiger partial charge in [0.25, 0.3) is 0 Å². The molecule has 1 saturated heterocycles. The predicted molar refractivity (Wildman–Crippen MR) is 153 cm³/mol. The average Bonchev–Trinajstić information content (AvgIpc) is 3.48. The van der Waals surface area contributed by atoms with Crippen LogP contribution >= 0.6 is 11.3 Å². The summed E-state index contributed by atoms with van der Waals surface area (Å²) < 4.78 is 56.4. The van der Waals surface area contributed by atoms with Crippen LogP contribution in [-0.4, -0.2) is 51.3 Å². The van der Waals surface area contributed by atoms with E-state index in [4.69, 9.17) is 4.74 Å². The molecule has 10 nitrogen and oxygen atoms in total. The summed E-state index contributed by atoms with van der Waals surface area (Å²) in [4.78, 5) is 23.6. The van der Waals surface area contributed by atoms with Crippen molar-refractivity contribution in [3.63, 3.8) is 0 Å². The molecule has 0 spiro atoms. The molecule has 4 heterocycles. The van der Waals surface area contributed by atoms with Gasteiger partial charge in [-0.15, -0.1) is 0 Å². The summed E-state index contributed by atoms with van der Waals surface area (Å²) in [6, 6.07) is 13.3. The fourth-order valence-electron chi connectivity index (χ4n) is 5.44. The number of nitrogens with one attached hydrogen (secondary N) is 2. The second-order valence-corrected chi connectivity index (χ2v) is 15.1. The lowest BCUT2D eigenvalue weighted by atomic mass is 9.85. The lowest BCUT2D eigenvalue weighted by Gasteiger charge is -2.27. The van der Waals surface area contributed by atoms with Gasteiger partial charge in [0, 0.05) is 6.07 Å². The normalized spacial score (nSPS) is 19.3. The highest BCUT2D eigenvalue weighted by Gasteiger charge is 2.36. The van der Waals surface area contributed by atoms with Gasteiger partial charge in [0.1, 0.15) is 10.3 Å². The molecule has 40 heavy (non-hydrogen) atoms. The maximum atomic E-state index is 13.8. The number of aromatic nitrogens is 2. The quantitative estimate of drug-likeness (QED) is 0.290. The van der Waals surface area contributed by atoms with Crippen LogP contribution in [0.5, 0.6) is 5.88 Å². The average molecular weight is 599 g/mol. The van der Waals surface area contributed by atoms with Crippen molar-refractivity contribution in [2.24, 2.45) is 5.92 Å². The standard InChI is InChI=1S/C27H26N4O6S3/c1-15-17(7-9-22-24(15)28-19-5-3-4-6-21(19)40(22,35)36)18(13-16-11-12-39(33,34)14-16)25(32)31-27-29-20-8-10-23(37-2)30-26(20)38-27/h3-10,16,18,28H,11-14H2,1-2H3,(H,29,31,32). The van der Waals surface area contributed by atoms with Crippen LogP contribution in [0.3, 0.4) is 0 Å². The third-order valence-corrected chi connectivity index (χ3v) is 12.0. The minimum Gasteiger partial charge on any atom is -0.481 e. The van der Waals surface area contributed by atoms with Crippen molar-refractivity contribution < 1.29 is 26.4 Å². The molecule has 2 aliphatic heterocycles. The van der Waals surface area contributed by atoms with E-state index < -0.39 is 25.6 Å². The molecule has 6 rings (SSSR count). The van der Waals surface area contributed by atoms with Gasteiger partial charge in [-0.1, -0.05) is 29.5 Å². The molecule has 2 N–H and O–H groups in total. The minimum absolute atomic E-state index is 0.0195. The van der Waals surface area contributed by atoms with E-state index in [1.165, 1.54) is 24.5 Å². The van der Waals surface area contributed by atoms with Crippen molar-refractivity contribution >= 4 is 63.8 Å². The van der Waals surface area contributed by atoms with Crippen LogP contribution in [0.15, 0.2) is 58.3 Å². The van der Waals surface area contributed by atoms with Gasteiger partial charge in [-0.05, 0) is 61.1 Å². The zero-order chi connectivity index (χ0) is 28.2. The SMILES string of the molecule is COc1ccc2nc(NC(=O)C(CC3CCS(=O)(=O)C3)c3ccc4c(c3C)Nc3ccccc3S4(=O)=O)sc2n1. The van der Waals surface area contributed by atoms with Gasteiger partial charge in [0.05, 0.1) is 45.7 Å². The van der Waals surface area contributed by atoms with Crippen molar-refractivity contribution in [3.8, 4) is 5.88 Å². The summed E-state index contributed by atoms with van der Waals surface area (Å²) in [6.07, 6.45) is 0.770. The third kappa shape index (κ3) is 4.71. The molecule has 1 amide bonds. The highest BCUT2D eigenvalue weighted by atomic mass is 32.2. The van der Waals surface area contributed by atoms with Gasteiger partial charge >= 0.3 is 0 Å². The fraction of sp³-hybridized carbons (Fsp3) is 0.296. The van der Waals surface area contributed by atoms with Crippen LogP contribution in [0.1, 0.15) is 29.9 Å². The van der Waals surface area contributed by atoms with Crippen molar-refractivity contribution in [1.29, 1.82) is 0 Å². The molecule has 2 aromatic carbocycles. The number of ether oxygens (including phenoxy) is 1. The zero-order valence-corrected chi connectivity index (χ0v) is 24.1. The minimum atomic E-state index is -3.76. The molecule has 4 aromatic rings. The molecule has 13 heteroatoms. The molecule has 0 bridgehead atoms. The Morgan fingerprint density at radius 3 is 2.65 bits per heavy atom. The molecule has 208 valence electrons. The van der Waals surface area contributed by atoms with Crippen molar-refractivity contribution in [2.75, 3.05) is 29.2 Å². The van der Waals surface area contributed by atoms with E-state index >= 15 is 0 Å². The number of rotatable bonds is 6. The van der Waals surface area contributed by atoms with Crippen molar-refractivity contribution in [1.82, 2.24) is 9.97 Å². The second-order valence-electron chi connectivity index (χ2n) is 10.0. The molecule has 2 aliphatic rings. The Morgan fingerprint density at radius 1 is 1.10 bits per heavy atom. The van der Waals surface area contributed by atoms with Gasteiger partial charge < -0.3 is 15.4 Å². The van der Waals surface area contributed by atoms with E-state index in [0.29, 0.717) is 56.7 Å². The first kappa shape index (κ1) is 26.7. The number of sulfone groups is 2. The Kier molecular flexibility index (Phi) is 6.55. The number of fused-ring (bicyclic) bond motifs is 3. The molecule has 2 atom stereocenters. The topological polar surface area (TPSA) is 144 Å². The Hall–Kier alpha value is -3.55. The Bertz CT molecular complexity index is 1890. The van der Waals surface area contributed by atoms with E-state index in [-0.39, 0.29) is 33.1 Å². The maximum Gasteiger partial charge on any atom is 0.233 e. The van der Waals surface area contributed by atoms with Crippen LogP contribution in [0.4, 0.5) is 16.5 Å². The molecule has 2 unspecified atom stereocenters. The molecular formula is C27H26N4O6S3. The summed E-state index contributed by atoms with van der Waals surface area (Å²) in [5.74, 6) is -0.738. The number of benzene rings is 2. The van der Waals surface area contributed by atoms with Crippen LogP contribution in [0, 0.1) is 12.8 Å². The number of para-hydroxylation sites is 1. The van der Waals surface area contributed by atoms with Gasteiger partial charge in [-0.3, -0.25) is 4.79 Å². The number of pyridine rings is 1. The maximum absolute atomic E-state index is 13.8. The van der Waals surface area contributed by atoms with Gasteiger partial charge in [0.2, 0.25) is 21.6 Å². The Morgan fingerprint density at radius 2 is 1.90 bits per heavy atom. The summed E-state index contributed by atoms with van der Waals surface area (Å²) in [6.45, 7) is 1.78. The van der Waals surface area contributed by atoms with E-state index in [0.717, 1.165) is 0 Å². The van der Waals surface area contributed by atoms with E-state index in [2.05, 4.69) is 20.6 Å². The summed E-state index contributed by atoms with van der Waals surface area (Å²) >= 11 is 1.21. The number of methoxy groups -OCH3 is 1. The number of carbonyl (C=O) groups is 1. The predicted octanol–water partition coefficient (Wildman–Crippen LogP) is 4.45. The lowest BCUT2D eigenvalue weighted by molar-refractivity contribution is -0.118. The summed E-state index contributed by atoms with van der Waals surface area (Å²) in [5, 5.41) is 6.50. The first-order chi connectivity index (χ1) is 19.1. The molecule has 2 aromatic heterocycles. The van der Waals surface area contributed by atoms with Gasteiger partial charge in [-0.25, -0.2) is 26.8 Å². The first-order valence-electron chi connectivity index (χ1n) is 12.6. The highest BCUT2D eigenvalue weighted by molar-refractivity contribution is 7.92. The van der Waals surface area contributed by atoms with Crippen molar-refractivity contribution in [2.45, 2.75) is 35.5 Å². The molecule has 1 fully saturated rings. The summed E-state index contributed by atoms with van der Waals surface area (Å²) in [7, 11) is -5.40. The van der Waals surface area contributed by atoms with E-state index in [9.17, 15) is 21.6 Å². The van der Waals surface area contributed by atoms with Crippen LogP contribution in [0.2, 0.25) is 0 Å². The van der Waals surface area contributed by atoms with Crippen LogP contribution in [-0.2, 0) is 24.5 Å². The largest absolute Gasteiger partial charge is 0.481 e. The number of hydrogen-bond donors (Lipinski definition) is 2. The Balaban J connectivity index is 1.38. The molecule has 0 radical (unpaired) electrons. The zero-order valence-electron chi connectivity index (χ0n) is 21.7. The highest BCUT2D eigenvalue weighted by Crippen LogP contribution is 2.44. The number of hydrogen-bond acceptors (Lipinski definition) is 10. The van der Waals surface area contributed by atoms with Gasteiger partial charge in [-0.2, -0.15) is 0 Å². The van der Waals surface area contributed by atoms with Crippen LogP contribution < -0.4 is 15.4 Å². The first-order valence-corrected chi connectivity index (χ1v) is 16.8. The molecular weight excluding hydrogens is 573 g/mol. The van der Waals surface area contributed by atoms with E-state index in [1.54, 1.807) is 49.4 Å². The van der Waals surface area contributed by atoms with Crippen LogP contribution in [0.25, 0.3) is 10.3 Å².